The third kappa shape index (κ3) is 6.77. The molecule has 0 saturated carbocycles. The molecule has 0 bridgehead atoms. The van der Waals surface area contributed by atoms with E-state index >= 15 is 0 Å². The second-order valence-corrected chi connectivity index (χ2v) is 11.1. The van der Waals surface area contributed by atoms with Crippen molar-refractivity contribution < 1.29 is 13.2 Å². The zero-order valence-corrected chi connectivity index (χ0v) is 22.8. The number of allylic oxidation sites excluding steroid dienone is 1. The van der Waals surface area contributed by atoms with E-state index in [2.05, 4.69) is 77.0 Å². The van der Waals surface area contributed by atoms with E-state index in [-0.39, 0.29) is 0 Å². The average molecular weight is 531 g/mol. The first-order valence-corrected chi connectivity index (χ1v) is 14.1. The highest BCUT2D eigenvalue weighted by Gasteiger charge is 2.14. The molecule has 4 rings (SSSR count). The number of hydrogen-bond donors (Lipinski definition) is 2. The second-order valence-electron chi connectivity index (χ2n) is 9.02. The monoisotopic (exact) mass is 530 g/mol. The SMILES string of the molecule is CCC(=C(c1ccc(OCCNCC=CS(=O)(=O)N(C)C)cc1)c1ccc2[nH]ncc2c1)c1ccccc1. The van der Waals surface area contributed by atoms with Crippen molar-refractivity contribution >= 4 is 32.1 Å². The average Bonchev–Trinajstić information content (AvgIpc) is 3.40. The van der Waals surface area contributed by atoms with Gasteiger partial charge in [-0.15, -0.1) is 0 Å². The molecule has 0 saturated heterocycles. The molecular weight excluding hydrogens is 496 g/mol. The summed E-state index contributed by atoms with van der Waals surface area (Å²) < 4.78 is 30.6. The van der Waals surface area contributed by atoms with Gasteiger partial charge in [-0.1, -0.05) is 61.5 Å². The maximum atomic E-state index is 11.7. The first-order chi connectivity index (χ1) is 18.4. The third-order valence-electron chi connectivity index (χ3n) is 6.24. The van der Waals surface area contributed by atoms with E-state index < -0.39 is 10.0 Å². The van der Waals surface area contributed by atoms with Crippen LogP contribution in [0.5, 0.6) is 5.75 Å². The molecule has 4 aromatic rings. The maximum absolute atomic E-state index is 11.7. The number of rotatable bonds is 12. The number of aromatic amines is 1. The molecule has 0 unspecified atom stereocenters. The van der Waals surface area contributed by atoms with Gasteiger partial charge >= 0.3 is 0 Å². The van der Waals surface area contributed by atoms with Crippen molar-refractivity contribution in [1.29, 1.82) is 0 Å². The summed E-state index contributed by atoms with van der Waals surface area (Å²) >= 11 is 0. The Bertz CT molecular complexity index is 1510. The summed E-state index contributed by atoms with van der Waals surface area (Å²) in [7, 11) is -0.311. The van der Waals surface area contributed by atoms with Crippen LogP contribution in [0.3, 0.4) is 0 Å². The van der Waals surface area contributed by atoms with Gasteiger partial charge in [-0.3, -0.25) is 5.10 Å². The minimum Gasteiger partial charge on any atom is -0.492 e. The third-order valence-corrected chi connectivity index (χ3v) is 7.79. The summed E-state index contributed by atoms with van der Waals surface area (Å²) in [6.07, 6.45) is 4.33. The second kappa shape index (κ2) is 12.7. The van der Waals surface area contributed by atoms with Crippen LogP contribution in [0, 0.1) is 0 Å². The Balaban J connectivity index is 1.49. The van der Waals surface area contributed by atoms with Crippen molar-refractivity contribution in [2.24, 2.45) is 0 Å². The Kier molecular flexibility index (Phi) is 9.12. The molecule has 1 aromatic heterocycles. The van der Waals surface area contributed by atoms with Crippen LogP contribution < -0.4 is 10.1 Å². The van der Waals surface area contributed by atoms with Gasteiger partial charge in [0.2, 0.25) is 10.0 Å². The van der Waals surface area contributed by atoms with E-state index in [4.69, 9.17) is 4.74 Å². The van der Waals surface area contributed by atoms with Crippen LogP contribution in [0.4, 0.5) is 0 Å². The molecule has 2 N–H and O–H groups in total. The largest absolute Gasteiger partial charge is 0.492 e. The fraction of sp³-hybridized carbons (Fsp3) is 0.233. The summed E-state index contributed by atoms with van der Waals surface area (Å²) in [5.41, 5.74) is 6.94. The molecule has 38 heavy (non-hydrogen) atoms. The van der Waals surface area contributed by atoms with Gasteiger partial charge < -0.3 is 10.1 Å². The summed E-state index contributed by atoms with van der Waals surface area (Å²) in [5.74, 6) is 0.781. The van der Waals surface area contributed by atoms with Crippen LogP contribution in [0.2, 0.25) is 0 Å². The number of sulfonamides is 1. The number of hydrogen-bond acceptors (Lipinski definition) is 5. The summed E-state index contributed by atoms with van der Waals surface area (Å²) in [5, 5.41) is 12.7. The standard InChI is InChI=1S/C30H34N4O3S/c1-4-28(23-9-6-5-7-10-23)30(25-13-16-29-26(21-25)22-32-33-29)24-11-14-27(15-12-24)37-19-18-31-17-8-20-38(35,36)34(2)3/h5-16,20-22,31H,4,17-19H2,1-3H3,(H,32,33). The lowest BCUT2D eigenvalue weighted by atomic mass is 9.88. The number of fused-ring (bicyclic) bond motifs is 1. The molecule has 0 radical (unpaired) electrons. The predicted molar refractivity (Wildman–Crippen MR) is 155 cm³/mol. The van der Waals surface area contributed by atoms with Crippen molar-refractivity contribution in [2.45, 2.75) is 13.3 Å². The van der Waals surface area contributed by atoms with Crippen molar-refractivity contribution in [3.8, 4) is 5.75 Å². The minimum absolute atomic E-state index is 0.448. The van der Waals surface area contributed by atoms with Crippen molar-refractivity contribution in [3.63, 3.8) is 0 Å². The zero-order chi connectivity index (χ0) is 27.0. The van der Waals surface area contributed by atoms with E-state index in [1.165, 1.54) is 40.5 Å². The summed E-state index contributed by atoms with van der Waals surface area (Å²) in [6.45, 7) is 3.70. The van der Waals surface area contributed by atoms with Crippen LogP contribution in [0.25, 0.3) is 22.0 Å². The Labute approximate surface area is 224 Å². The van der Waals surface area contributed by atoms with Gasteiger partial charge in [0.15, 0.2) is 0 Å². The van der Waals surface area contributed by atoms with Gasteiger partial charge in [0.1, 0.15) is 12.4 Å². The van der Waals surface area contributed by atoms with E-state index in [0.717, 1.165) is 34.2 Å². The molecule has 0 atom stereocenters. The molecule has 198 valence electrons. The smallest absolute Gasteiger partial charge is 0.235 e. The zero-order valence-electron chi connectivity index (χ0n) is 22.0. The van der Waals surface area contributed by atoms with Gasteiger partial charge in [-0.05, 0) is 58.5 Å². The van der Waals surface area contributed by atoms with Crippen molar-refractivity contribution in [1.82, 2.24) is 19.8 Å². The molecule has 0 amide bonds. The van der Waals surface area contributed by atoms with E-state index in [9.17, 15) is 8.42 Å². The summed E-state index contributed by atoms with van der Waals surface area (Å²) in [4.78, 5) is 0. The normalized spacial score (nSPS) is 12.8. The number of nitrogens with zero attached hydrogens (tertiary/aromatic N) is 2. The van der Waals surface area contributed by atoms with Crippen LogP contribution in [0.1, 0.15) is 30.0 Å². The fourth-order valence-electron chi connectivity index (χ4n) is 4.21. The first kappa shape index (κ1) is 27.3. The first-order valence-electron chi connectivity index (χ1n) is 12.6. The molecule has 0 aliphatic heterocycles. The molecule has 3 aromatic carbocycles. The quantitative estimate of drug-likeness (QED) is 0.192. The number of nitrogens with one attached hydrogen (secondary N) is 2. The number of benzene rings is 3. The van der Waals surface area contributed by atoms with Crippen LogP contribution in [-0.4, -0.2) is 56.7 Å². The van der Waals surface area contributed by atoms with Crippen molar-refractivity contribution in [3.05, 3.63) is 107 Å². The lowest BCUT2D eigenvalue weighted by Gasteiger charge is -2.17. The molecule has 0 aliphatic rings. The van der Waals surface area contributed by atoms with Gasteiger partial charge in [-0.2, -0.15) is 5.10 Å². The van der Waals surface area contributed by atoms with E-state index in [0.29, 0.717) is 19.7 Å². The highest BCUT2D eigenvalue weighted by molar-refractivity contribution is 7.92. The predicted octanol–water partition coefficient (Wildman–Crippen LogP) is 5.31. The fourth-order valence-corrected chi connectivity index (χ4v) is 4.80. The lowest BCUT2D eigenvalue weighted by molar-refractivity contribution is 0.316. The number of aromatic nitrogens is 2. The van der Waals surface area contributed by atoms with E-state index in [1.807, 2.05) is 24.4 Å². The minimum atomic E-state index is -3.33. The van der Waals surface area contributed by atoms with Gasteiger partial charge in [0.25, 0.3) is 0 Å². The molecule has 0 aliphatic carbocycles. The maximum Gasteiger partial charge on any atom is 0.235 e. The molecule has 0 spiro atoms. The summed E-state index contributed by atoms with van der Waals surface area (Å²) in [6, 6.07) is 25.1. The van der Waals surface area contributed by atoms with Gasteiger partial charge in [0.05, 0.1) is 11.7 Å². The van der Waals surface area contributed by atoms with Crippen molar-refractivity contribution in [2.75, 3.05) is 33.8 Å². The lowest BCUT2D eigenvalue weighted by Crippen LogP contribution is -2.22. The van der Waals surface area contributed by atoms with Crippen LogP contribution >= 0.6 is 0 Å². The number of H-pyrrole nitrogens is 1. The van der Waals surface area contributed by atoms with Gasteiger partial charge in [-0.25, -0.2) is 12.7 Å². The molecular formula is C30H34N4O3S. The molecule has 7 nitrogen and oxygen atoms in total. The van der Waals surface area contributed by atoms with Crippen LogP contribution in [-0.2, 0) is 10.0 Å². The number of ether oxygens (including phenoxy) is 1. The van der Waals surface area contributed by atoms with Gasteiger partial charge in [0, 0.05) is 38.0 Å². The Morgan fingerprint density at radius 1 is 1.00 bits per heavy atom. The Morgan fingerprint density at radius 2 is 1.74 bits per heavy atom. The van der Waals surface area contributed by atoms with Crippen LogP contribution in [0.15, 0.2) is 90.5 Å². The Hall–Kier alpha value is -3.72. The Morgan fingerprint density at radius 3 is 2.45 bits per heavy atom. The molecule has 1 heterocycles. The highest BCUT2D eigenvalue weighted by atomic mass is 32.2. The topological polar surface area (TPSA) is 87.3 Å². The highest BCUT2D eigenvalue weighted by Crippen LogP contribution is 2.36. The molecule has 0 fully saturated rings. The molecule has 8 heteroatoms. The van der Waals surface area contributed by atoms with E-state index in [1.54, 1.807) is 6.08 Å².